The Labute approximate surface area is 425 Å². The number of aliphatic hydroxyl groups excluding tert-OH is 5. The van der Waals surface area contributed by atoms with E-state index in [0.717, 1.165) is 49.0 Å². The second-order valence-corrected chi connectivity index (χ2v) is 22.6. The summed E-state index contributed by atoms with van der Waals surface area (Å²) in [5.41, 5.74) is 4.81. The number of carbonyl (C=O) groups is 2. The number of phosphoric ester groups is 2. The van der Waals surface area contributed by atoms with Gasteiger partial charge < -0.3 is 55.3 Å². The lowest BCUT2D eigenvalue weighted by Crippen LogP contribution is -2.52. The molecule has 3 heterocycles. The molecule has 416 valence electrons. The Morgan fingerprint density at radius 1 is 0.861 bits per heavy atom. The molecule has 2 bridgehead atoms. The van der Waals surface area contributed by atoms with E-state index >= 15 is 0 Å². The van der Waals surface area contributed by atoms with E-state index in [4.69, 9.17) is 29.0 Å². The predicted molar refractivity (Wildman–Crippen MR) is 268 cm³/mol. The van der Waals surface area contributed by atoms with Gasteiger partial charge in [-0.2, -0.15) is 9.29 Å². The van der Waals surface area contributed by atoms with Gasteiger partial charge in [-0.25, -0.2) is 13.9 Å². The van der Waals surface area contributed by atoms with Gasteiger partial charge in [0.1, 0.15) is 30.9 Å². The number of nitrogens with zero attached hydrogens (tertiary/aromatic N) is 2. The average Bonchev–Trinajstić information content (AvgIpc) is 3.31. The predicted octanol–water partition coefficient (Wildman–Crippen LogP) is 7.07. The molecule has 2 aliphatic rings. The van der Waals surface area contributed by atoms with Crippen LogP contribution in [0.15, 0.2) is 29.2 Å². The number of carbonyl (C=O) groups excluding carboxylic acids is 2. The van der Waals surface area contributed by atoms with Crippen LogP contribution in [0.25, 0.3) is 0 Å². The average molecular weight is 1070 g/mol. The maximum Gasteiger partial charge on any atom is 0.481 e. The lowest BCUT2D eigenvalue weighted by Gasteiger charge is -2.41. The summed E-state index contributed by atoms with van der Waals surface area (Å²) < 4.78 is 59.1. The molecule has 2 aliphatic heterocycles. The summed E-state index contributed by atoms with van der Waals surface area (Å²) in [4.78, 5) is 64.2. The highest BCUT2D eigenvalue weighted by Gasteiger charge is 2.45. The molecule has 0 amide bonds. The van der Waals surface area contributed by atoms with Crippen LogP contribution in [0.4, 0.5) is 5.82 Å². The van der Waals surface area contributed by atoms with Crippen LogP contribution in [0.1, 0.15) is 181 Å². The van der Waals surface area contributed by atoms with E-state index in [1.54, 1.807) is 0 Å². The molecule has 2 fully saturated rings. The van der Waals surface area contributed by atoms with E-state index in [9.17, 15) is 58.8 Å². The first-order valence-corrected chi connectivity index (χ1v) is 29.3. The molecule has 0 radical (unpaired) electrons. The first-order valence-electron chi connectivity index (χ1n) is 26.4. The van der Waals surface area contributed by atoms with Crippen molar-refractivity contribution in [2.75, 3.05) is 25.6 Å². The van der Waals surface area contributed by atoms with Crippen molar-refractivity contribution in [1.29, 1.82) is 0 Å². The highest BCUT2D eigenvalue weighted by atomic mass is 31.3. The molecular formula is C49H87N3O18P2. The van der Waals surface area contributed by atoms with Gasteiger partial charge in [-0.05, 0) is 37.7 Å². The largest absolute Gasteiger partial charge is 0.481 e. The number of unbranched alkanes of at least 4 members (excludes halogenated alkanes) is 11. The van der Waals surface area contributed by atoms with Crippen LogP contribution in [0.3, 0.4) is 0 Å². The third kappa shape index (κ3) is 24.8. The topological polar surface area (TPSA) is 326 Å². The zero-order valence-corrected chi connectivity index (χ0v) is 44.5. The van der Waals surface area contributed by atoms with Crippen LogP contribution < -0.4 is 11.4 Å². The number of fused-ring (bicyclic) bond motifs is 3. The lowest BCUT2D eigenvalue weighted by molar-refractivity contribution is -0.195. The van der Waals surface area contributed by atoms with Crippen molar-refractivity contribution in [3.8, 4) is 0 Å². The molecule has 3 unspecified atom stereocenters. The molecule has 3 rings (SSSR count). The summed E-state index contributed by atoms with van der Waals surface area (Å²) in [6.45, 7) is 3.87. The molecule has 0 spiro atoms. The summed E-state index contributed by atoms with van der Waals surface area (Å²) in [6.07, 6.45) is 8.16. The van der Waals surface area contributed by atoms with Gasteiger partial charge in [0.25, 0.3) is 0 Å². The Morgan fingerprint density at radius 3 is 2.14 bits per heavy atom. The van der Waals surface area contributed by atoms with Crippen molar-refractivity contribution in [2.24, 2.45) is 17.8 Å². The second kappa shape index (κ2) is 34.1. The number of esters is 2. The summed E-state index contributed by atoms with van der Waals surface area (Å²) in [6, 6.07) is 1.26. The lowest BCUT2D eigenvalue weighted by atomic mass is 9.82. The van der Waals surface area contributed by atoms with Gasteiger partial charge in [0, 0.05) is 37.3 Å². The fraction of sp³-hybridized carbons (Fsp3) is 0.837. The van der Waals surface area contributed by atoms with Crippen LogP contribution in [0, 0.1) is 17.8 Å². The molecule has 0 saturated carbocycles. The maximum atomic E-state index is 13.4. The zero-order valence-electron chi connectivity index (χ0n) is 42.7. The maximum absolute atomic E-state index is 13.4. The Balaban J connectivity index is 1.77. The second-order valence-electron chi connectivity index (χ2n) is 19.6. The van der Waals surface area contributed by atoms with E-state index in [0.29, 0.717) is 44.9 Å². The monoisotopic (exact) mass is 1070 g/mol. The number of aromatic nitrogens is 2. The van der Waals surface area contributed by atoms with Crippen LogP contribution in [0.5, 0.6) is 0 Å². The Kier molecular flexibility index (Phi) is 30.2. The number of ether oxygens (including phenoxy) is 3. The number of hydrogen-bond donors (Lipinski definition) is 8. The van der Waals surface area contributed by atoms with Gasteiger partial charge in [0.05, 0.1) is 37.6 Å². The normalized spacial score (nSPS) is 30.9. The number of nitrogens with two attached hydrogens (primary N) is 1. The molecule has 0 aliphatic carbocycles. The van der Waals surface area contributed by atoms with Gasteiger partial charge in [0.15, 0.2) is 6.10 Å². The highest BCUT2D eigenvalue weighted by molar-refractivity contribution is 7.61. The molecule has 9 N–H and O–H groups in total. The summed E-state index contributed by atoms with van der Waals surface area (Å²) in [7, 11) is -11.3. The molecule has 1 aromatic heterocycles. The smallest absolute Gasteiger partial charge is 0.462 e. The molecule has 2 saturated heterocycles. The molecule has 72 heavy (non-hydrogen) atoms. The van der Waals surface area contributed by atoms with E-state index < -0.39 is 120 Å². The van der Waals surface area contributed by atoms with E-state index in [1.807, 2.05) is 6.92 Å². The standard InChI is InChI=1S/C49H87N3O18P2/c1-4-6-17-23-36(53)27-28-38-40(54)31-41(55)39-24-19-15-16-21-26-45(57)68-37(32-65-44(56)25-20-14-12-10-8-7-9-11-13-18-22-35(3)5-2)33-66-71(61,62)70-72(63,64)67-34-42(47(59)46(38)58)69-48(39)52-30-29-43(50)51-49(52)60/h27-30,35-42,46-48,53-55,58-59H,4-26,31-34H2,1-3H3,(H,61,62)(H,63,64)(H2,50,51,60)/b28-27-/t35?,36-,37+,38-,39-,40+,41-,42+,46-,47+,48+/m0/s1. The number of phosphoric acid groups is 2. The van der Waals surface area contributed by atoms with Gasteiger partial charge in [-0.3, -0.25) is 23.2 Å². The minimum Gasteiger partial charge on any atom is -0.462 e. The SMILES string of the molecule is CCCCC[C@H](O)/C=C\[C@@H]1[C@H](O)[C@H](O)[C@H]2COP(=O)(O)OP(=O)(O)OC[C@@H](COC(=O)CCCCCCCCCCCCC(C)CC)OC(=O)CCCCCC[C@H]([C@H](n3ccc(N)nc3=O)O2)[C@@H](O)C[C@H]1O. The third-order valence-electron chi connectivity index (χ3n) is 13.5. The minimum absolute atomic E-state index is 0.0905. The third-order valence-corrected chi connectivity index (χ3v) is 16.1. The minimum atomic E-state index is -5.69. The molecule has 13 atom stereocenters. The number of cyclic esters (lactones) is 1. The van der Waals surface area contributed by atoms with Crippen molar-refractivity contribution in [1.82, 2.24) is 9.55 Å². The quantitative estimate of drug-likeness (QED) is 0.0235. The van der Waals surface area contributed by atoms with Gasteiger partial charge in [0.2, 0.25) is 0 Å². The van der Waals surface area contributed by atoms with Gasteiger partial charge >= 0.3 is 33.3 Å². The molecule has 21 nitrogen and oxygen atoms in total. The zero-order chi connectivity index (χ0) is 53.1. The Morgan fingerprint density at radius 2 is 1.49 bits per heavy atom. The fourth-order valence-electron chi connectivity index (χ4n) is 8.89. The number of rotatable bonds is 23. The molecular weight excluding hydrogens is 980 g/mol. The van der Waals surface area contributed by atoms with E-state index in [-0.39, 0.29) is 25.1 Å². The number of aliphatic hydroxyl groups is 5. The van der Waals surface area contributed by atoms with Crippen LogP contribution in [-0.4, -0.2) is 119 Å². The van der Waals surface area contributed by atoms with Gasteiger partial charge in [-0.15, -0.1) is 0 Å². The van der Waals surface area contributed by atoms with Crippen LogP contribution >= 0.6 is 15.6 Å². The Hall–Kier alpha value is -2.62. The summed E-state index contributed by atoms with van der Waals surface area (Å²) >= 11 is 0. The molecule has 23 heteroatoms. The van der Waals surface area contributed by atoms with Gasteiger partial charge in [-0.1, -0.05) is 142 Å². The Bertz CT molecular complexity index is 1890. The van der Waals surface area contributed by atoms with Crippen molar-refractivity contribution in [2.45, 2.75) is 224 Å². The van der Waals surface area contributed by atoms with Crippen molar-refractivity contribution in [3.63, 3.8) is 0 Å². The highest BCUT2D eigenvalue weighted by Crippen LogP contribution is 2.60. The van der Waals surface area contributed by atoms with Crippen molar-refractivity contribution in [3.05, 3.63) is 34.9 Å². The number of hydrogen-bond acceptors (Lipinski definition) is 18. The van der Waals surface area contributed by atoms with Crippen LogP contribution in [-0.2, 0) is 46.3 Å². The molecule has 0 aromatic carbocycles. The van der Waals surface area contributed by atoms with E-state index in [1.165, 1.54) is 69.4 Å². The van der Waals surface area contributed by atoms with Crippen LogP contribution in [0.2, 0.25) is 0 Å². The fourth-order valence-corrected chi connectivity index (χ4v) is 11.0. The summed E-state index contributed by atoms with van der Waals surface area (Å²) in [5.74, 6) is -3.17. The number of nitrogen functional groups attached to an aromatic ring is 1. The van der Waals surface area contributed by atoms with E-state index in [2.05, 4.69) is 23.1 Å². The first kappa shape index (κ1) is 63.7. The summed E-state index contributed by atoms with van der Waals surface area (Å²) in [5, 5.41) is 57.5. The first-order chi connectivity index (χ1) is 34.3. The number of anilines is 1. The van der Waals surface area contributed by atoms with Crippen molar-refractivity contribution >= 4 is 33.4 Å². The van der Waals surface area contributed by atoms with Crippen molar-refractivity contribution < 1.29 is 81.6 Å². The molecule has 1 aromatic rings.